The normalized spacial score (nSPS) is 14.2. The van der Waals surface area contributed by atoms with Crippen molar-refractivity contribution in [1.29, 1.82) is 5.26 Å². The first-order chi connectivity index (χ1) is 4.45. The van der Waals surface area contributed by atoms with Crippen molar-refractivity contribution in [3.63, 3.8) is 0 Å². The number of hydrogen-bond donors (Lipinski definition) is 2. The highest BCUT2D eigenvalue weighted by Crippen LogP contribution is 2.35. The first-order valence-electron chi connectivity index (χ1n) is 2.55. The predicted molar refractivity (Wildman–Crippen MR) is 32.8 cm³/mol. The van der Waals surface area contributed by atoms with Crippen LogP contribution in [0.4, 0.5) is 0 Å². The molecule has 0 aliphatic carbocycles. The third-order valence-electron chi connectivity index (χ3n) is 0.713. The van der Waals surface area contributed by atoms with Gasteiger partial charge < -0.3 is 9.79 Å². The summed E-state index contributed by atoms with van der Waals surface area (Å²) in [4.78, 5) is 16.3. The number of rotatable bonds is 3. The van der Waals surface area contributed by atoms with Gasteiger partial charge in [-0.15, -0.1) is 0 Å². The fourth-order valence-electron chi connectivity index (χ4n) is 0.246. The van der Waals surface area contributed by atoms with E-state index in [4.69, 9.17) is 15.0 Å². The predicted octanol–water partition coefficient (Wildman–Crippen LogP) is 0.255. The molecule has 0 spiro atoms. The van der Waals surface area contributed by atoms with Crippen LogP contribution in [0.25, 0.3) is 0 Å². The van der Waals surface area contributed by atoms with Crippen molar-refractivity contribution in [3.05, 3.63) is 0 Å². The van der Waals surface area contributed by atoms with Crippen molar-refractivity contribution >= 4 is 7.82 Å². The molecule has 1 unspecified atom stereocenters. The highest BCUT2D eigenvalue weighted by molar-refractivity contribution is 7.46. The second-order valence-electron chi connectivity index (χ2n) is 1.82. The standard InChI is InChI=1S/C4H8NO4P/c1-4(2-5)3-9-10(6,7)8/h4H,3H2,1H3,(H2,6,7,8). The Morgan fingerprint density at radius 1 is 1.80 bits per heavy atom. The molecule has 0 aromatic carbocycles. The fourth-order valence-corrected chi connectivity index (χ4v) is 0.664. The van der Waals surface area contributed by atoms with Crippen LogP contribution in [0, 0.1) is 17.2 Å². The van der Waals surface area contributed by atoms with Gasteiger partial charge in [0.2, 0.25) is 0 Å². The minimum Gasteiger partial charge on any atom is -0.303 e. The second-order valence-corrected chi connectivity index (χ2v) is 3.06. The number of nitriles is 1. The molecular weight excluding hydrogens is 157 g/mol. The lowest BCUT2D eigenvalue weighted by Crippen LogP contribution is -2.01. The average Bonchev–Trinajstić information content (AvgIpc) is 1.81. The molecular formula is C4H8NO4P. The smallest absolute Gasteiger partial charge is 0.303 e. The molecule has 10 heavy (non-hydrogen) atoms. The van der Waals surface area contributed by atoms with Gasteiger partial charge in [0.25, 0.3) is 0 Å². The van der Waals surface area contributed by atoms with Crippen molar-refractivity contribution in [2.24, 2.45) is 5.92 Å². The third kappa shape index (κ3) is 5.73. The Hall–Kier alpha value is -0.400. The minimum absolute atomic E-state index is 0.235. The maximum atomic E-state index is 10.0. The van der Waals surface area contributed by atoms with Crippen LogP contribution < -0.4 is 0 Å². The molecule has 0 aliphatic rings. The maximum absolute atomic E-state index is 10.0. The van der Waals surface area contributed by atoms with Crippen molar-refractivity contribution in [2.75, 3.05) is 6.61 Å². The molecule has 0 saturated carbocycles. The zero-order valence-electron chi connectivity index (χ0n) is 5.39. The Labute approximate surface area is 58.5 Å². The van der Waals surface area contributed by atoms with Crippen LogP contribution in [0.2, 0.25) is 0 Å². The molecule has 0 heterocycles. The molecule has 0 rings (SSSR count). The van der Waals surface area contributed by atoms with E-state index in [-0.39, 0.29) is 6.61 Å². The zero-order chi connectivity index (χ0) is 8.20. The van der Waals surface area contributed by atoms with Crippen LogP contribution in [0.3, 0.4) is 0 Å². The molecule has 0 fully saturated rings. The zero-order valence-corrected chi connectivity index (χ0v) is 6.28. The van der Waals surface area contributed by atoms with E-state index in [2.05, 4.69) is 4.52 Å². The van der Waals surface area contributed by atoms with Gasteiger partial charge in [0.1, 0.15) is 0 Å². The Morgan fingerprint density at radius 3 is 2.60 bits per heavy atom. The van der Waals surface area contributed by atoms with E-state index in [1.54, 1.807) is 6.07 Å². The quantitative estimate of drug-likeness (QED) is 0.585. The lowest BCUT2D eigenvalue weighted by Gasteiger charge is -2.04. The monoisotopic (exact) mass is 165 g/mol. The first kappa shape index (κ1) is 9.60. The Morgan fingerprint density at radius 2 is 2.30 bits per heavy atom. The van der Waals surface area contributed by atoms with Gasteiger partial charge in [0, 0.05) is 0 Å². The van der Waals surface area contributed by atoms with Gasteiger partial charge in [-0.25, -0.2) is 4.57 Å². The Kier molecular flexibility index (Phi) is 3.54. The number of phosphoric acid groups is 1. The molecule has 0 aliphatic heterocycles. The van der Waals surface area contributed by atoms with Crippen molar-refractivity contribution in [1.82, 2.24) is 0 Å². The van der Waals surface area contributed by atoms with Gasteiger partial charge in [0.15, 0.2) is 0 Å². The lowest BCUT2D eigenvalue weighted by atomic mass is 10.2. The summed E-state index contributed by atoms with van der Waals surface area (Å²) in [6.07, 6.45) is 0. The molecule has 0 amide bonds. The largest absolute Gasteiger partial charge is 0.469 e. The molecule has 0 radical (unpaired) electrons. The third-order valence-corrected chi connectivity index (χ3v) is 1.20. The summed E-state index contributed by atoms with van der Waals surface area (Å²) in [5.74, 6) is -0.493. The summed E-state index contributed by atoms with van der Waals surface area (Å²) < 4.78 is 14.0. The van der Waals surface area contributed by atoms with Crippen LogP contribution in [-0.4, -0.2) is 16.4 Å². The fraction of sp³-hybridized carbons (Fsp3) is 0.750. The Balaban J connectivity index is 3.58. The van der Waals surface area contributed by atoms with Gasteiger partial charge in [-0.1, -0.05) is 0 Å². The van der Waals surface area contributed by atoms with E-state index in [1.165, 1.54) is 6.92 Å². The van der Waals surface area contributed by atoms with E-state index < -0.39 is 13.7 Å². The summed E-state index contributed by atoms with van der Waals surface area (Å²) in [6.45, 7) is 1.27. The van der Waals surface area contributed by atoms with E-state index in [0.29, 0.717) is 0 Å². The number of hydrogen-bond acceptors (Lipinski definition) is 3. The van der Waals surface area contributed by atoms with Crippen LogP contribution in [0.5, 0.6) is 0 Å². The summed E-state index contributed by atoms with van der Waals surface area (Å²) in [5.41, 5.74) is 0. The van der Waals surface area contributed by atoms with Crippen LogP contribution in [0.1, 0.15) is 6.92 Å². The molecule has 5 nitrogen and oxygen atoms in total. The van der Waals surface area contributed by atoms with Gasteiger partial charge in [-0.05, 0) is 6.92 Å². The van der Waals surface area contributed by atoms with E-state index in [0.717, 1.165) is 0 Å². The van der Waals surface area contributed by atoms with Crippen molar-refractivity contribution in [2.45, 2.75) is 6.92 Å². The van der Waals surface area contributed by atoms with E-state index >= 15 is 0 Å². The van der Waals surface area contributed by atoms with Crippen LogP contribution in [-0.2, 0) is 9.09 Å². The van der Waals surface area contributed by atoms with Gasteiger partial charge in [-0.2, -0.15) is 5.26 Å². The maximum Gasteiger partial charge on any atom is 0.469 e. The van der Waals surface area contributed by atoms with Gasteiger partial charge in [-0.3, -0.25) is 4.52 Å². The summed E-state index contributed by atoms with van der Waals surface area (Å²) in [7, 11) is -4.38. The molecule has 0 aromatic heterocycles. The summed E-state index contributed by atoms with van der Waals surface area (Å²) in [5, 5.41) is 8.15. The molecule has 1 atom stereocenters. The number of phosphoric ester groups is 1. The highest BCUT2D eigenvalue weighted by Gasteiger charge is 2.14. The topological polar surface area (TPSA) is 90.5 Å². The lowest BCUT2D eigenvalue weighted by molar-refractivity contribution is 0.185. The average molecular weight is 165 g/mol. The molecule has 6 heteroatoms. The van der Waals surface area contributed by atoms with Gasteiger partial charge >= 0.3 is 7.82 Å². The van der Waals surface area contributed by atoms with Gasteiger partial charge in [0.05, 0.1) is 18.6 Å². The summed E-state index contributed by atoms with van der Waals surface area (Å²) in [6, 6.07) is 1.77. The molecule has 0 saturated heterocycles. The number of nitrogens with zero attached hydrogens (tertiary/aromatic N) is 1. The molecule has 58 valence electrons. The highest BCUT2D eigenvalue weighted by atomic mass is 31.2. The molecule has 0 bridgehead atoms. The summed E-state index contributed by atoms with van der Waals surface area (Å²) >= 11 is 0. The van der Waals surface area contributed by atoms with E-state index in [9.17, 15) is 4.57 Å². The molecule has 2 N–H and O–H groups in total. The van der Waals surface area contributed by atoms with E-state index in [1.807, 2.05) is 0 Å². The molecule has 0 aromatic rings. The van der Waals surface area contributed by atoms with Crippen molar-refractivity contribution < 1.29 is 18.9 Å². The van der Waals surface area contributed by atoms with Crippen LogP contribution >= 0.6 is 7.82 Å². The first-order valence-corrected chi connectivity index (χ1v) is 4.08. The minimum atomic E-state index is -4.38. The van der Waals surface area contributed by atoms with Crippen molar-refractivity contribution in [3.8, 4) is 6.07 Å². The second kappa shape index (κ2) is 3.69. The SMILES string of the molecule is CC(C#N)COP(=O)(O)O. The Bertz CT molecular complexity index is 180. The van der Waals surface area contributed by atoms with Crippen LogP contribution in [0.15, 0.2) is 0 Å².